The first kappa shape index (κ1) is 14.2. The van der Waals surface area contributed by atoms with Gasteiger partial charge in [-0.25, -0.2) is 0 Å². The van der Waals surface area contributed by atoms with Gasteiger partial charge in [0.15, 0.2) is 0 Å². The molecule has 0 aromatic rings. The van der Waals surface area contributed by atoms with Crippen LogP contribution in [-0.2, 0) is 19.5 Å². The zero-order valence-electron chi connectivity index (χ0n) is 5.78. The first-order chi connectivity index (χ1) is 4.20. The van der Waals surface area contributed by atoms with Gasteiger partial charge in [-0.1, -0.05) is 24.3 Å². The summed E-state index contributed by atoms with van der Waals surface area (Å²) >= 11 is 11.3. The first-order valence-corrected chi connectivity index (χ1v) is 3.23. The molecule has 1 aliphatic carbocycles. The van der Waals surface area contributed by atoms with Crippen LogP contribution in [0, 0.1) is 5.38 Å². The molecule has 0 unspecified atom stereocenters. The predicted molar refractivity (Wildman–Crippen MR) is 41.3 cm³/mol. The quantitative estimate of drug-likeness (QED) is 0.539. The van der Waals surface area contributed by atoms with Crippen LogP contribution < -0.4 is 12.4 Å². The Bertz CT molecular complexity index is 196. The van der Waals surface area contributed by atoms with E-state index in [4.69, 9.17) is 23.2 Å². The van der Waals surface area contributed by atoms with Crippen molar-refractivity contribution in [3.63, 3.8) is 0 Å². The summed E-state index contributed by atoms with van der Waals surface area (Å²) in [5.74, 6) is 0. The monoisotopic (exact) mass is 258 g/mol. The Morgan fingerprint density at radius 1 is 1.18 bits per heavy atom. The molecular formula is C7H5Cl3Zn-. The maximum Gasteiger partial charge on any atom is 0.115 e. The van der Waals surface area contributed by atoms with E-state index in [1.165, 1.54) is 0 Å². The molecule has 0 saturated heterocycles. The van der Waals surface area contributed by atoms with E-state index in [-0.39, 0.29) is 31.9 Å². The van der Waals surface area contributed by atoms with E-state index < -0.39 is 0 Å². The van der Waals surface area contributed by atoms with Crippen LogP contribution in [0.5, 0.6) is 0 Å². The summed E-state index contributed by atoms with van der Waals surface area (Å²) in [4.78, 5) is 0. The van der Waals surface area contributed by atoms with Crippen molar-refractivity contribution >= 4 is 23.2 Å². The topological polar surface area (TPSA) is 0 Å². The molecule has 0 aromatic carbocycles. The number of hydrogen-bond donors (Lipinski definition) is 0. The van der Waals surface area contributed by atoms with Crippen LogP contribution in [0.2, 0.25) is 0 Å². The molecule has 57 valence electrons. The van der Waals surface area contributed by atoms with Crippen molar-refractivity contribution in [2.75, 3.05) is 0 Å². The molecule has 0 heterocycles. The van der Waals surface area contributed by atoms with E-state index in [2.05, 4.69) is 6.58 Å². The van der Waals surface area contributed by atoms with E-state index in [0.717, 1.165) is 5.57 Å². The van der Waals surface area contributed by atoms with Crippen molar-refractivity contribution in [3.05, 3.63) is 40.8 Å². The standard InChI is InChI=1S/C7H5Cl2.ClH.Zn/c1-5-2-3-6(8)4-7(5)9;;/h2-4H,1H2;1H;/p-1. The number of hydrogen-bond acceptors (Lipinski definition) is 0. The molecule has 0 N–H and O–H groups in total. The van der Waals surface area contributed by atoms with Gasteiger partial charge >= 0.3 is 0 Å². The average Bonchev–Trinajstić information content (AvgIpc) is 1.80. The number of halogens is 3. The Morgan fingerprint density at radius 2 is 1.73 bits per heavy atom. The van der Waals surface area contributed by atoms with Crippen molar-refractivity contribution in [1.82, 2.24) is 0 Å². The van der Waals surface area contributed by atoms with Crippen molar-refractivity contribution in [2.24, 2.45) is 0 Å². The number of allylic oxidation sites excluding steroid dienone is 5. The van der Waals surface area contributed by atoms with Crippen molar-refractivity contribution in [2.45, 2.75) is 0 Å². The summed E-state index contributed by atoms with van der Waals surface area (Å²) in [7, 11) is 0. The normalized spacial score (nSPS) is 16.5. The molecule has 0 atom stereocenters. The maximum absolute atomic E-state index is 5.67. The Kier molecular flexibility index (Phi) is 8.10. The third kappa shape index (κ3) is 4.33. The first-order valence-electron chi connectivity index (χ1n) is 2.47. The smallest absolute Gasteiger partial charge is 0.115 e. The maximum atomic E-state index is 5.67. The van der Waals surface area contributed by atoms with E-state index in [0.29, 0.717) is 10.4 Å². The SMILES string of the molecule is C=C1C=CC(Cl)=C[C]1Cl.[Cl-].[Zn]. The fraction of sp³-hybridized carbons (Fsp3) is 0. The zero-order chi connectivity index (χ0) is 6.85. The van der Waals surface area contributed by atoms with Crippen molar-refractivity contribution < 1.29 is 31.9 Å². The third-order valence-corrected chi connectivity index (χ3v) is 1.60. The molecule has 11 heavy (non-hydrogen) atoms. The molecule has 1 radical (unpaired) electrons. The molecule has 0 amide bonds. The van der Waals surface area contributed by atoms with Crippen LogP contribution >= 0.6 is 23.2 Å². The molecule has 1 rings (SSSR count). The van der Waals surface area contributed by atoms with Gasteiger partial charge < -0.3 is 12.4 Å². The van der Waals surface area contributed by atoms with Gasteiger partial charge in [0.25, 0.3) is 0 Å². The molecule has 0 fully saturated rings. The zero-order valence-corrected chi connectivity index (χ0v) is 11.0. The molecular weight excluding hydrogens is 256 g/mol. The minimum Gasteiger partial charge on any atom is -1.00 e. The van der Waals surface area contributed by atoms with E-state index in [1.54, 1.807) is 18.2 Å². The molecule has 0 bridgehead atoms. The van der Waals surface area contributed by atoms with Crippen LogP contribution in [-0.4, -0.2) is 0 Å². The summed E-state index contributed by atoms with van der Waals surface area (Å²) in [5.41, 5.74) is 0.807. The van der Waals surface area contributed by atoms with Gasteiger partial charge in [0.05, 0.1) is 0 Å². The van der Waals surface area contributed by atoms with E-state index >= 15 is 0 Å². The summed E-state index contributed by atoms with van der Waals surface area (Å²) in [6, 6.07) is 0. The van der Waals surface area contributed by atoms with Crippen LogP contribution in [0.1, 0.15) is 0 Å². The molecule has 0 aliphatic heterocycles. The Hall–Kier alpha value is 0.713. The Balaban J connectivity index is 0. The van der Waals surface area contributed by atoms with Gasteiger partial charge in [-0.2, -0.15) is 0 Å². The van der Waals surface area contributed by atoms with Crippen molar-refractivity contribution in [1.29, 1.82) is 0 Å². The van der Waals surface area contributed by atoms with Gasteiger partial charge in [0.2, 0.25) is 0 Å². The van der Waals surface area contributed by atoms with Crippen LogP contribution in [0.4, 0.5) is 0 Å². The Labute approximate surface area is 95.5 Å². The average molecular weight is 261 g/mol. The summed E-state index contributed by atoms with van der Waals surface area (Å²) in [5, 5.41) is 1.26. The molecule has 1 aliphatic rings. The molecule has 0 spiro atoms. The van der Waals surface area contributed by atoms with E-state index in [1.807, 2.05) is 0 Å². The Morgan fingerprint density at radius 3 is 2.09 bits per heavy atom. The van der Waals surface area contributed by atoms with Crippen LogP contribution in [0.15, 0.2) is 35.4 Å². The number of rotatable bonds is 0. The minimum atomic E-state index is 0. The van der Waals surface area contributed by atoms with E-state index in [9.17, 15) is 0 Å². The fourth-order valence-corrected chi connectivity index (χ4v) is 0.930. The van der Waals surface area contributed by atoms with Gasteiger partial charge in [0.1, 0.15) is 5.38 Å². The predicted octanol–water partition coefficient (Wildman–Crippen LogP) is 0.00739. The summed E-state index contributed by atoms with van der Waals surface area (Å²) in [6.45, 7) is 3.67. The second-order valence-electron chi connectivity index (χ2n) is 1.74. The molecule has 0 aromatic heterocycles. The summed E-state index contributed by atoms with van der Waals surface area (Å²) < 4.78 is 0. The van der Waals surface area contributed by atoms with Crippen LogP contribution in [0.25, 0.3) is 0 Å². The van der Waals surface area contributed by atoms with Gasteiger partial charge in [0, 0.05) is 24.5 Å². The van der Waals surface area contributed by atoms with Crippen molar-refractivity contribution in [3.8, 4) is 0 Å². The minimum absolute atomic E-state index is 0. The van der Waals surface area contributed by atoms with Gasteiger partial charge in [-0.3, -0.25) is 0 Å². The molecule has 4 heteroatoms. The fourth-order valence-electron chi connectivity index (χ4n) is 0.522. The summed E-state index contributed by atoms with van der Waals surface area (Å²) in [6.07, 6.45) is 5.21. The second-order valence-corrected chi connectivity index (χ2v) is 2.58. The van der Waals surface area contributed by atoms with Crippen LogP contribution in [0.3, 0.4) is 0 Å². The van der Waals surface area contributed by atoms with Gasteiger partial charge in [-0.15, -0.1) is 11.6 Å². The second kappa shape index (κ2) is 6.25. The third-order valence-electron chi connectivity index (χ3n) is 1.02. The largest absolute Gasteiger partial charge is 1.00 e. The molecule has 0 saturated carbocycles. The van der Waals surface area contributed by atoms with Gasteiger partial charge in [-0.05, 0) is 17.7 Å². The molecule has 0 nitrogen and oxygen atoms in total.